The number of carbonyl (C=O) groups excluding carboxylic acids is 1. The third kappa shape index (κ3) is 5.93. The maximum Gasteiger partial charge on any atom is 0.410 e. The van der Waals surface area contributed by atoms with Crippen molar-refractivity contribution < 1.29 is 28.6 Å². The number of amides is 1. The first-order valence-corrected chi connectivity index (χ1v) is 10.2. The Morgan fingerprint density at radius 3 is 2.48 bits per heavy atom. The molecule has 0 radical (unpaired) electrons. The van der Waals surface area contributed by atoms with Gasteiger partial charge >= 0.3 is 12.1 Å². The minimum atomic E-state index is -1.32. The molecule has 2 aromatic rings. The van der Waals surface area contributed by atoms with Crippen LogP contribution in [0.25, 0.3) is 0 Å². The molecule has 0 aliphatic carbocycles. The summed E-state index contributed by atoms with van der Waals surface area (Å²) >= 11 is 0. The summed E-state index contributed by atoms with van der Waals surface area (Å²) in [4.78, 5) is 29.5. The minimum absolute atomic E-state index is 0.125. The first-order valence-electron chi connectivity index (χ1n) is 10.2. The van der Waals surface area contributed by atoms with Gasteiger partial charge in [-0.25, -0.2) is 19.0 Å². The van der Waals surface area contributed by atoms with Gasteiger partial charge in [-0.3, -0.25) is 0 Å². The maximum absolute atomic E-state index is 14.3. The van der Waals surface area contributed by atoms with Crippen LogP contribution < -0.4 is 4.74 Å². The summed E-state index contributed by atoms with van der Waals surface area (Å²) in [6.45, 7) is 6.57. The van der Waals surface area contributed by atoms with Gasteiger partial charge in [0.2, 0.25) is 5.88 Å². The zero-order valence-electron chi connectivity index (χ0n) is 17.9. The normalized spacial score (nSPS) is 14.9. The van der Waals surface area contributed by atoms with E-state index in [0.29, 0.717) is 19.0 Å². The molecule has 3 rings (SSSR count). The molecule has 7 nitrogen and oxygen atoms in total. The number of likely N-dealkylation sites (tertiary alicyclic amines) is 1. The lowest BCUT2D eigenvalue weighted by atomic mass is 9.93. The fraction of sp³-hybridized carbons (Fsp3) is 0.435. The molecule has 166 valence electrons. The molecule has 0 unspecified atom stereocenters. The molecule has 31 heavy (non-hydrogen) atoms. The Hall–Kier alpha value is -3.16. The van der Waals surface area contributed by atoms with Crippen LogP contribution in [0.2, 0.25) is 0 Å². The van der Waals surface area contributed by atoms with Gasteiger partial charge in [0.1, 0.15) is 18.0 Å². The second-order valence-corrected chi connectivity index (χ2v) is 8.51. The molecule has 8 heteroatoms. The molecule has 1 aromatic carbocycles. The van der Waals surface area contributed by atoms with Crippen LogP contribution in [0.1, 0.15) is 61.1 Å². The van der Waals surface area contributed by atoms with Crippen molar-refractivity contribution in [3.8, 4) is 5.88 Å². The Labute approximate surface area is 180 Å². The van der Waals surface area contributed by atoms with Crippen LogP contribution in [-0.2, 0) is 11.3 Å². The largest absolute Gasteiger partial charge is 0.478 e. The van der Waals surface area contributed by atoms with Crippen LogP contribution >= 0.6 is 0 Å². The van der Waals surface area contributed by atoms with Gasteiger partial charge < -0.3 is 19.5 Å². The molecule has 1 saturated heterocycles. The first-order chi connectivity index (χ1) is 14.6. The van der Waals surface area contributed by atoms with E-state index in [1.165, 1.54) is 18.2 Å². The molecule has 1 fully saturated rings. The summed E-state index contributed by atoms with van der Waals surface area (Å²) in [5.74, 6) is -1.61. The average molecular weight is 430 g/mol. The van der Waals surface area contributed by atoms with Crippen LogP contribution in [0.4, 0.5) is 9.18 Å². The van der Waals surface area contributed by atoms with Crippen molar-refractivity contribution in [1.29, 1.82) is 0 Å². The number of halogens is 1. The third-order valence-corrected chi connectivity index (χ3v) is 4.99. The standard InChI is InChI=1S/C23H27FN2O5/c1-23(2,3)31-22(29)26-12-10-15(11-13-26)18-8-5-9-19(25-18)30-14-16-6-4-7-17(20(16)24)21(27)28/h4-9,15H,10-14H2,1-3H3,(H,27,28). The van der Waals surface area contributed by atoms with E-state index in [-0.39, 0.29) is 29.7 Å². The highest BCUT2D eigenvalue weighted by Crippen LogP contribution is 2.29. The van der Waals surface area contributed by atoms with E-state index in [2.05, 4.69) is 4.98 Å². The van der Waals surface area contributed by atoms with Crippen LogP contribution in [0.5, 0.6) is 5.88 Å². The number of ether oxygens (including phenoxy) is 2. The molecular formula is C23H27FN2O5. The monoisotopic (exact) mass is 430 g/mol. The van der Waals surface area contributed by atoms with E-state index < -0.39 is 17.4 Å². The molecular weight excluding hydrogens is 403 g/mol. The third-order valence-electron chi connectivity index (χ3n) is 4.99. The van der Waals surface area contributed by atoms with Crippen molar-refractivity contribution >= 4 is 12.1 Å². The first kappa shape index (κ1) is 22.5. The minimum Gasteiger partial charge on any atom is -0.478 e. The molecule has 1 N–H and O–H groups in total. The van der Waals surface area contributed by atoms with E-state index in [9.17, 15) is 14.0 Å². The Balaban J connectivity index is 1.60. The number of hydrogen-bond acceptors (Lipinski definition) is 5. The second-order valence-electron chi connectivity index (χ2n) is 8.51. The van der Waals surface area contributed by atoms with Crippen molar-refractivity contribution in [3.63, 3.8) is 0 Å². The zero-order valence-corrected chi connectivity index (χ0v) is 17.9. The lowest BCUT2D eigenvalue weighted by molar-refractivity contribution is 0.0203. The number of pyridine rings is 1. The van der Waals surface area contributed by atoms with Crippen molar-refractivity contribution in [3.05, 3.63) is 59.0 Å². The van der Waals surface area contributed by atoms with Crippen molar-refractivity contribution in [1.82, 2.24) is 9.88 Å². The summed E-state index contributed by atoms with van der Waals surface area (Å²) < 4.78 is 25.3. The van der Waals surface area contributed by atoms with E-state index in [0.717, 1.165) is 18.5 Å². The summed E-state index contributed by atoms with van der Waals surface area (Å²) in [7, 11) is 0. The van der Waals surface area contributed by atoms with Gasteiger partial charge in [-0.1, -0.05) is 18.2 Å². The molecule has 0 bridgehead atoms. The van der Waals surface area contributed by atoms with Gasteiger partial charge in [-0.05, 0) is 45.7 Å². The highest BCUT2D eigenvalue weighted by Gasteiger charge is 2.28. The number of piperidine rings is 1. The van der Waals surface area contributed by atoms with Crippen LogP contribution in [-0.4, -0.2) is 45.7 Å². The maximum atomic E-state index is 14.3. The average Bonchev–Trinajstić information content (AvgIpc) is 2.72. The number of carbonyl (C=O) groups is 2. The van der Waals surface area contributed by atoms with Crippen molar-refractivity contribution in [2.45, 2.75) is 51.7 Å². The molecule has 1 amide bonds. The molecule has 1 aliphatic heterocycles. The summed E-state index contributed by atoms with van der Waals surface area (Å²) in [6.07, 6.45) is 1.21. The fourth-order valence-electron chi connectivity index (χ4n) is 3.43. The number of carboxylic acid groups (broad SMARTS) is 1. The lowest BCUT2D eigenvalue weighted by Gasteiger charge is -2.33. The molecule has 0 spiro atoms. The van der Waals surface area contributed by atoms with Crippen LogP contribution in [0.15, 0.2) is 36.4 Å². The van der Waals surface area contributed by atoms with E-state index in [4.69, 9.17) is 14.6 Å². The van der Waals surface area contributed by atoms with Gasteiger partial charge in [0, 0.05) is 36.3 Å². The molecule has 2 heterocycles. The number of aromatic nitrogens is 1. The molecule has 1 aliphatic rings. The quantitative estimate of drug-likeness (QED) is 0.745. The van der Waals surface area contributed by atoms with Crippen LogP contribution in [0.3, 0.4) is 0 Å². The molecule has 1 aromatic heterocycles. The fourth-order valence-corrected chi connectivity index (χ4v) is 3.43. The number of aromatic carboxylic acids is 1. The Morgan fingerprint density at radius 1 is 1.16 bits per heavy atom. The Bertz CT molecular complexity index is 949. The van der Waals surface area contributed by atoms with Crippen molar-refractivity contribution in [2.24, 2.45) is 0 Å². The van der Waals surface area contributed by atoms with Gasteiger partial charge in [0.15, 0.2) is 0 Å². The van der Waals surface area contributed by atoms with E-state index in [1.807, 2.05) is 32.9 Å². The van der Waals surface area contributed by atoms with E-state index >= 15 is 0 Å². The zero-order chi connectivity index (χ0) is 22.6. The second kappa shape index (κ2) is 9.32. The van der Waals surface area contributed by atoms with Gasteiger partial charge in [0.25, 0.3) is 0 Å². The van der Waals surface area contributed by atoms with E-state index in [1.54, 1.807) is 11.0 Å². The summed E-state index contributed by atoms with van der Waals surface area (Å²) in [6, 6.07) is 9.59. The van der Waals surface area contributed by atoms with Gasteiger partial charge in [0.05, 0.1) is 5.56 Å². The SMILES string of the molecule is CC(C)(C)OC(=O)N1CCC(c2cccc(OCc3cccc(C(=O)O)c3F)n2)CC1. The smallest absolute Gasteiger partial charge is 0.410 e. The predicted molar refractivity (Wildman–Crippen MR) is 112 cm³/mol. The number of benzene rings is 1. The van der Waals surface area contributed by atoms with Gasteiger partial charge in [-0.2, -0.15) is 0 Å². The number of carboxylic acids is 1. The molecule has 0 saturated carbocycles. The van der Waals surface area contributed by atoms with Crippen molar-refractivity contribution in [2.75, 3.05) is 13.1 Å². The molecule has 0 atom stereocenters. The van der Waals surface area contributed by atoms with Crippen LogP contribution in [0, 0.1) is 5.82 Å². The topological polar surface area (TPSA) is 89.0 Å². The summed E-state index contributed by atoms with van der Waals surface area (Å²) in [5, 5.41) is 9.04. The Kier molecular flexibility index (Phi) is 6.77. The highest BCUT2D eigenvalue weighted by molar-refractivity contribution is 5.88. The number of hydrogen-bond donors (Lipinski definition) is 1. The summed E-state index contributed by atoms with van der Waals surface area (Å²) in [5.41, 5.74) is 0.0865. The highest BCUT2D eigenvalue weighted by atomic mass is 19.1. The number of rotatable bonds is 5. The van der Waals surface area contributed by atoms with Gasteiger partial charge in [-0.15, -0.1) is 0 Å². The lowest BCUT2D eigenvalue weighted by Crippen LogP contribution is -2.41. The number of nitrogens with zero attached hydrogens (tertiary/aromatic N) is 2. The Morgan fingerprint density at radius 2 is 1.84 bits per heavy atom. The predicted octanol–water partition coefficient (Wildman–Crippen LogP) is 4.61.